The quantitative estimate of drug-likeness (QED) is 0.183. The molecule has 0 radical (unpaired) electrons. The minimum atomic E-state index is 0. The summed E-state index contributed by atoms with van der Waals surface area (Å²) < 4.78 is 20.9. The molecule has 8 aromatic heterocycles. The van der Waals surface area contributed by atoms with Crippen molar-refractivity contribution in [3.05, 3.63) is 118 Å². The average Bonchev–Trinajstić information content (AvgIpc) is 3.88. The summed E-state index contributed by atoms with van der Waals surface area (Å²) in [6, 6.07) is 12.1. The van der Waals surface area contributed by atoms with Gasteiger partial charge in [0.15, 0.2) is 0 Å². The predicted molar refractivity (Wildman–Crippen MR) is 168 cm³/mol. The number of rotatable bonds is 4. The molecule has 12 nitrogen and oxygen atoms in total. The molecule has 0 saturated heterocycles. The Kier molecular flexibility index (Phi) is 8.15. The molecule has 0 amide bonds. The first-order valence-electron chi connectivity index (χ1n) is 14.3. The van der Waals surface area contributed by atoms with Crippen LogP contribution in [0.25, 0.3) is 72.3 Å². The van der Waals surface area contributed by atoms with Crippen molar-refractivity contribution in [2.45, 2.75) is 0 Å². The van der Waals surface area contributed by atoms with Crippen molar-refractivity contribution in [2.75, 3.05) is 0 Å². The van der Waals surface area contributed by atoms with Crippen LogP contribution in [0.15, 0.2) is 108 Å². The molecule has 0 saturated carbocycles. The fourth-order valence-electron chi connectivity index (χ4n) is 5.74. The second kappa shape index (κ2) is 12.4. The summed E-state index contributed by atoms with van der Waals surface area (Å²) in [6.07, 6.45) is 26.9. The summed E-state index contributed by atoms with van der Waals surface area (Å²) in [7, 11) is 3.91. The number of furan rings is 2. The van der Waals surface area contributed by atoms with E-state index >= 15 is 0 Å². The van der Waals surface area contributed by atoms with Crippen LogP contribution in [0.5, 0.6) is 0 Å². The molecular weight excluding hydrogens is 971 g/mol. The number of hydrogen-bond acceptors (Lipinski definition) is 5. The van der Waals surface area contributed by atoms with Crippen LogP contribution in [0.2, 0.25) is 0 Å². The summed E-state index contributed by atoms with van der Waals surface area (Å²) in [6.45, 7) is 0. The van der Waals surface area contributed by atoms with E-state index in [1.807, 2.05) is 95.3 Å². The summed E-state index contributed by atoms with van der Waals surface area (Å²) in [5.41, 5.74) is 9.46. The van der Waals surface area contributed by atoms with Crippen molar-refractivity contribution in [2.24, 2.45) is 14.1 Å². The molecule has 0 N–H and O–H groups in total. The van der Waals surface area contributed by atoms with E-state index < -0.39 is 0 Å². The van der Waals surface area contributed by atoms with Crippen LogP contribution < -0.4 is 14.5 Å². The zero-order valence-corrected chi connectivity index (χ0v) is 29.7. The maximum Gasteiger partial charge on any atom is 2.00 e. The number of imidazole rings is 4. The van der Waals surface area contributed by atoms with E-state index in [1.165, 1.54) is 0 Å². The van der Waals surface area contributed by atoms with E-state index in [2.05, 4.69) is 33.8 Å². The molecular formula is C34H22N10O2Pt2-2. The smallest absolute Gasteiger partial charge is 0.668 e. The first kappa shape index (κ1) is 31.4. The Morgan fingerprint density at radius 3 is 1.96 bits per heavy atom. The maximum absolute atomic E-state index is 5.77. The number of benzene rings is 2. The van der Waals surface area contributed by atoms with Crippen molar-refractivity contribution >= 4 is 44.0 Å². The summed E-state index contributed by atoms with van der Waals surface area (Å²) >= 11 is 0. The Hall–Kier alpha value is -5.18. The van der Waals surface area contributed by atoms with Gasteiger partial charge in [-0.3, -0.25) is 0 Å². The monoisotopic (exact) mass is 992 g/mol. The van der Waals surface area contributed by atoms with Gasteiger partial charge in [-0.1, -0.05) is 61.2 Å². The van der Waals surface area contributed by atoms with E-state index in [-0.39, 0.29) is 42.1 Å². The van der Waals surface area contributed by atoms with Gasteiger partial charge in [0.05, 0.1) is 44.0 Å². The molecule has 242 valence electrons. The third-order valence-corrected chi connectivity index (χ3v) is 7.85. The normalized spacial score (nSPS) is 11.2. The van der Waals surface area contributed by atoms with E-state index in [0.29, 0.717) is 0 Å². The van der Waals surface area contributed by atoms with E-state index in [9.17, 15) is 0 Å². The number of hydrogen-bond donors (Lipinski definition) is 0. The van der Waals surface area contributed by atoms with Gasteiger partial charge in [0.2, 0.25) is 0 Å². The van der Waals surface area contributed by atoms with Gasteiger partial charge in [-0.15, -0.1) is 22.1 Å². The fourth-order valence-corrected chi connectivity index (χ4v) is 5.74. The molecule has 0 aliphatic carbocycles. The van der Waals surface area contributed by atoms with Crippen LogP contribution in [-0.4, -0.2) is 33.2 Å². The third kappa shape index (κ3) is 5.08. The van der Waals surface area contributed by atoms with Gasteiger partial charge in [-0.25, -0.2) is 4.98 Å². The first-order chi connectivity index (χ1) is 22.6. The predicted octanol–water partition coefficient (Wildman–Crippen LogP) is 4.87. The van der Waals surface area contributed by atoms with Gasteiger partial charge in [0.1, 0.15) is 17.5 Å². The fraction of sp³-hybridized carbons (Fsp3) is 0.0588. The van der Waals surface area contributed by atoms with Gasteiger partial charge in [-0.05, 0) is 22.3 Å². The van der Waals surface area contributed by atoms with Crippen LogP contribution in [0.4, 0.5) is 0 Å². The molecule has 10 aromatic rings. The molecule has 14 heteroatoms. The van der Waals surface area contributed by atoms with E-state index in [0.717, 1.165) is 72.3 Å². The molecule has 0 bridgehead atoms. The molecule has 0 atom stereocenters. The number of nitrogens with zero attached hydrogens (tertiary/aromatic N) is 10. The van der Waals surface area contributed by atoms with Crippen molar-refractivity contribution in [1.82, 2.24) is 43.2 Å². The van der Waals surface area contributed by atoms with Crippen LogP contribution >= 0.6 is 0 Å². The first-order valence-corrected chi connectivity index (χ1v) is 14.3. The van der Waals surface area contributed by atoms with Crippen LogP contribution in [0.3, 0.4) is 0 Å². The van der Waals surface area contributed by atoms with Crippen LogP contribution in [0.1, 0.15) is 0 Å². The average molecular weight is 993 g/mol. The zero-order chi connectivity index (χ0) is 30.8. The topological polar surface area (TPSA) is 117 Å². The Morgan fingerprint density at radius 1 is 0.771 bits per heavy atom. The Bertz CT molecular complexity index is 2450. The van der Waals surface area contributed by atoms with Crippen LogP contribution in [0, 0.1) is 18.9 Å². The van der Waals surface area contributed by atoms with Crippen LogP contribution in [-0.2, 0) is 56.2 Å². The largest absolute Gasteiger partial charge is 2.00 e. The molecule has 0 unspecified atom stereocenters. The molecule has 0 spiro atoms. The molecule has 10 rings (SSSR count). The second-order valence-corrected chi connectivity index (χ2v) is 10.8. The molecule has 0 fully saturated rings. The SMILES string of the molecule is Cn1c[c-][n+](-c2cccc3c2[n-]c2c(-n4[c-]ncc4)coc23)c1.Cn1cnc(-c2cccc3c2[n-]c2c(-n4[c-]ncc4)coc23)c1.[Pt+2].[Pt]. The summed E-state index contributed by atoms with van der Waals surface area (Å²) in [5, 5.41) is 1.96. The van der Waals surface area contributed by atoms with Gasteiger partial charge < -0.3 is 51.6 Å². The van der Waals surface area contributed by atoms with Gasteiger partial charge in [-0.2, -0.15) is 0 Å². The molecule has 48 heavy (non-hydrogen) atoms. The van der Waals surface area contributed by atoms with Gasteiger partial charge >= 0.3 is 21.1 Å². The third-order valence-electron chi connectivity index (χ3n) is 7.85. The Balaban J connectivity index is 0.000000146. The second-order valence-electron chi connectivity index (χ2n) is 10.8. The van der Waals surface area contributed by atoms with Crippen molar-refractivity contribution < 1.29 is 55.5 Å². The Morgan fingerprint density at radius 2 is 1.40 bits per heavy atom. The number of fused-ring (bicyclic) bond motifs is 6. The Labute approximate surface area is 301 Å². The van der Waals surface area contributed by atoms with Crippen molar-refractivity contribution in [3.8, 4) is 28.3 Å². The van der Waals surface area contributed by atoms with E-state index in [4.69, 9.17) is 18.8 Å². The van der Waals surface area contributed by atoms with Crippen molar-refractivity contribution in [1.29, 1.82) is 0 Å². The minimum Gasteiger partial charge on any atom is -0.668 e. The minimum absolute atomic E-state index is 0. The van der Waals surface area contributed by atoms with Gasteiger partial charge in [0, 0.05) is 58.0 Å². The standard InChI is InChI=1S/2C17H11N5O.2Pt/c1-21-7-13(19-10-21)11-3-2-4-12-15(11)20-16-14(8-23-17(12)16)22-6-5-18-9-22;1-20-7-8-22(11-20)13-4-2-3-12-15(13)19-16-14(9-23-17(12)16)21-6-5-18-10-21;;/h2-8,10H,1H3;2-7,9,11H,1H3;;/q2*-2;;+2. The summed E-state index contributed by atoms with van der Waals surface area (Å²) in [4.78, 5) is 22.0. The number of aromatic nitrogens is 10. The molecule has 0 aliphatic heterocycles. The molecule has 0 aliphatic rings. The molecule has 2 aromatic carbocycles. The maximum atomic E-state index is 5.77. The van der Waals surface area contributed by atoms with Crippen molar-refractivity contribution in [3.63, 3.8) is 0 Å². The summed E-state index contributed by atoms with van der Waals surface area (Å²) in [5.74, 6) is 0. The number of aryl methyl sites for hydroxylation is 2. The van der Waals surface area contributed by atoms with Gasteiger partial charge in [0.25, 0.3) is 0 Å². The number of para-hydroxylation sites is 2. The molecule has 8 heterocycles. The zero-order valence-electron chi connectivity index (χ0n) is 25.2. The van der Waals surface area contributed by atoms with E-state index in [1.54, 1.807) is 40.4 Å².